The van der Waals surface area contributed by atoms with Crippen molar-refractivity contribution in [2.24, 2.45) is 5.73 Å². The summed E-state index contributed by atoms with van der Waals surface area (Å²) in [6.07, 6.45) is 5.34. The first-order chi connectivity index (χ1) is 19.4. The first-order valence-electron chi connectivity index (χ1n) is 13.5. The fraction of sp³-hybridized carbons (Fsp3) is 0.400. The maximum atomic E-state index is 14.1. The molecule has 212 valence electrons. The summed E-state index contributed by atoms with van der Waals surface area (Å²) >= 11 is 0. The number of nitrogens with one attached hydrogen (secondary N) is 1. The van der Waals surface area contributed by atoms with Gasteiger partial charge in [-0.1, -0.05) is 6.08 Å². The SMILES string of the molecule is C=CCC1(CCc2c[nH]c3ccc(OC)cc23)c2cc(OC(N)=O)c(OC)cc2CCN1C(=O)N1CCOCC1. The van der Waals surface area contributed by atoms with Crippen molar-refractivity contribution in [3.05, 3.63) is 65.9 Å². The van der Waals surface area contributed by atoms with E-state index < -0.39 is 11.6 Å². The van der Waals surface area contributed by atoms with Crippen LogP contribution in [0.1, 0.15) is 29.5 Å². The summed E-state index contributed by atoms with van der Waals surface area (Å²) < 4.78 is 21.9. The molecule has 10 nitrogen and oxygen atoms in total. The molecule has 1 unspecified atom stereocenters. The smallest absolute Gasteiger partial charge is 0.410 e. The number of aromatic amines is 1. The van der Waals surface area contributed by atoms with E-state index in [4.69, 9.17) is 24.7 Å². The molecule has 3 heterocycles. The van der Waals surface area contributed by atoms with Crippen LogP contribution in [0.15, 0.2) is 49.2 Å². The molecule has 3 aromatic rings. The molecule has 0 aliphatic carbocycles. The highest BCUT2D eigenvalue weighted by Gasteiger charge is 2.46. The monoisotopic (exact) mass is 548 g/mol. The van der Waals surface area contributed by atoms with E-state index in [0.29, 0.717) is 64.3 Å². The minimum Gasteiger partial charge on any atom is -0.497 e. The molecule has 5 rings (SSSR count). The van der Waals surface area contributed by atoms with Gasteiger partial charge in [-0.15, -0.1) is 6.58 Å². The maximum absolute atomic E-state index is 14.1. The second kappa shape index (κ2) is 11.5. The number of fused-ring (bicyclic) bond motifs is 2. The van der Waals surface area contributed by atoms with Gasteiger partial charge in [0.1, 0.15) is 5.75 Å². The van der Waals surface area contributed by atoms with Crippen LogP contribution in [0.5, 0.6) is 17.2 Å². The van der Waals surface area contributed by atoms with E-state index in [1.807, 2.05) is 46.3 Å². The number of carbonyl (C=O) groups excluding carboxylic acids is 2. The van der Waals surface area contributed by atoms with Crippen LogP contribution >= 0.6 is 0 Å². The van der Waals surface area contributed by atoms with Crippen molar-refractivity contribution in [3.8, 4) is 17.2 Å². The van der Waals surface area contributed by atoms with E-state index in [9.17, 15) is 9.59 Å². The molecule has 10 heteroatoms. The zero-order chi connectivity index (χ0) is 28.3. The van der Waals surface area contributed by atoms with Gasteiger partial charge in [-0.25, -0.2) is 9.59 Å². The summed E-state index contributed by atoms with van der Waals surface area (Å²) in [4.78, 5) is 33.0. The summed E-state index contributed by atoms with van der Waals surface area (Å²) in [6, 6.07) is 9.61. The molecule has 0 bridgehead atoms. The molecule has 0 spiro atoms. The lowest BCUT2D eigenvalue weighted by atomic mass is 9.74. The van der Waals surface area contributed by atoms with Crippen molar-refractivity contribution in [3.63, 3.8) is 0 Å². The van der Waals surface area contributed by atoms with Gasteiger partial charge in [-0.2, -0.15) is 0 Å². The largest absolute Gasteiger partial charge is 0.497 e. The number of aryl methyl sites for hydroxylation is 1. The minimum absolute atomic E-state index is 0.0374. The number of nitrogens with two attached hydrogens (primary N) is 1. The molecule has 3 N–H and O–H groups in total. The van der Waals surface area contributed by atoms with E-state index >= 15 is 0 Å². The highest BCUT2D eigenvalue weighted by Crippen LogP contribution is 2.47. The highest BCUT2D eigenvalue weighted by molar-refractivity contribution is 5.84. The van der Waals surface area contributed by atoms with E-state index in [1.54, 1.807) is 13.2 Å². The minimum atomic E-state index is -0.933. The van der Waals surface area contributed by atoms with Crippen molar-refractivity contribution in [2.75, 3.05) is 47.1 Å². The van der Waals surface area contributed by atoms with Crippen molar-refractivity contribution in [1.82, 2.24) is 14.8 Å². The number of hydrogen-bond acceptors (Lipinski definition) is 6. The molecular formula is C30H36N4O6. The molecule has 2 aliphatic rings. The molecule has 3 amide bonds. The van der Waals surface area contributed by atoms with E-state index in [1.165, 1.54) is 7.11 Å². The van der Waals surface area contributed by atoms with Crippen LogP contribution in [-0.2, 0) is 23.1 Å². The Morgan fingerprint density at radius 2 is 1.93 bits per heavy atom. The molecule has 2 aromatic carbocycles. The molecule has 0 saturated carbocycles. The van der Waals surface area contributed by atoms with Gasteiger partial charge in [0, 0.05) is 36.7 Å². The number of benzene rings is 2. The first kappa shape index (κ1) is 27.4. The zero-order valence-corrected chi connectivity index (χ0v) is 23.0. The molecule has 2 aliphatic heterocycles. The normalized spacial score (nSPS) is 18.8. The number of urea groups is 1. The van der Waals surface area contributed by atoms with Crippen LogP contribution < -0.4 is 19.9 Å². The van der Waals surface area contributed by atoms with Crippen molar-refractivity contribution >= 4 is 23.0 Å². The van der Waals surface area contributed by atoms with E-state index in [-0.39, 0.29) is 11.8 Å². The highest BCUT2D eigenvalue weighted by atomic mass is 16.6. The third-order valence-corrected chi connectivity index (χ3v) is 8.00. The quantitative estimate of drug-likeness (QED) is 0.404. The summed E-state index contributed by atoms with van der Waals surface area (Å²) in [7, 11) is 3.18. The molecule has 1 aromatic heterocycles. The zero-order valence-electron chi connectivity index (χ0n) is 23.0. The Kier molecular flexibility index (Phi) is 7.88. The summed E-state index contributed by atoms with van der Waals surface area (Å²) in [5.74, 6) is 1.42. The van der Waals surface area contributed by atoms with Crippen LogP contribution in [0.3, 0.4) is 0 Å². The number of rotatable bonds is 8. The Balaban J connectivity index is 1.61. The number of nitrogens with zero attached hydrogens (tertiary/aromatic N) is 2. The fourth-order valence-corrected chi connectivity index (χ4v) is 6.05. The van der Waals surface area contributed by atoms with Crippen molar-refractivity contribution in [1.29, 1.82) is 0 Å². The molecule has 1 atom stereocenters. The van der Waals surface area contributed by atoms with Gasteiger partial charge in [-0.05, 0) is 72.7 Å². The Morgan fingerprint density at radius 3 is 2.62 bits per heavy atom. The predicted octanol–water partition coefficient (Wildman–Crippen LogP) is 4.36. The maximum Gasteiger partial charge on any atom is 0.410 e. The number of ether oxygens (including phenoxy) is 4. The average Bonchev–Trinajstić information content (AvgIpc) is 3.38. The number of morpholine rings is 1. The standard InChI is InChI=1S/C30H36N4O6/c1-4-9-30(10-7-21-19-32-25-6-5-22(37-2)17-23(21)25)24-18-27(40-28(31)35)26(38-3)16-20(24)8-11-34(30)29(36)33-12-14-39-15-13-33/h4-6,16-19,32H,1,7-15H2,2-3H3,(H2,31,35). The molecule has 1 fully saturated rings. The van der Waals surface area contributed by atoms with Crippen LogP contribution in [0, 0.1) is 0 Å². The van der Waals surface area contributed by atoms with Gasteiger partial charge in [0.2, 0.25) is 0 Å². The van der Waals surface area contributed by atoms with Gasteiger partial charge >= 0.3 is 12.1 Å². The van der Waals surface area contributed by atoms with Crippen molar-refractivity contribution in [2.45, 2.75) is 31.2 Å². The summed E-state index contributed by atoms with van der Waals surface area (Å²) in [5.41, 5.74) is 8.70. The third-order valence-electron chi connectivity index (χ3n) is 8.00. The summed E-state index contributed by atoms with van der Waals surface area (Å²) in [5, 5.41) is 1.07. The number of hydrogen-bond donors (Lipinski definition) is 2. The van der Waals surface area contributed by atoms with Gasteiger partial charge in [0.15, 0.2) is 11.5 Å². The average molecular weight is 549 g/mol. The number of aromatic nitrogens is 1. The van der Waals surface area contributed by atoms with Crippen LogP contribution in [0.2, 0.25) is 0 Å². The number of carbonyl (C=O) groups is 2. The predicted molar refractivity (Wildman–Crippen MR) is 151 cm³/mol. The lowest BCUT2D eigenvalue weighted by Crippen LogP contribution is -2.58. The van der Waals surface area contributed by atoms with Gasteiger partial charge in [0.05, 0.1) is 33.0 Å². The van der Waals surface area contributed by atoms with Crippen LogP contribution in [0.25, 0.3) is 10.9 Å². The molecule has 1 saturated heterocycles. The van der Waals surface area contributed by atoms with Crippen LogP contribution in [0.4, 0.5) is 9.59 Å². The fourth-order valence-electron chi connectivity index (χ4n) is 6.05. The molecular weight excluding hydrogens is 512 g/mol. The lowest BCUT2D eigenvalue weighted by Gasteiger charge is -2.50. The van der Waals surface area contributed by atoms with Gasteiger partial charge < -0.3 is 39.5 Å². The summed E-state index contributed by atoms with van der Waals surface area (Å²) in [6.45, 7) is 6.69. The third kappa shape index (κ3) is 5.06. The topological polar surface area (TPSA) is 119 Å². The number of H-pyrrole nitrogens is 1. The number of methoxy groups -OCH3 is 2. The Hall–Kier alpha value is -4.18. The number of primary amides is 1. The second-order valence-corrected chi connectivity index (χ2v) is 10.1. The molecule has 40 heavy (non-hydrogen) atoms. The van der Waals surface area contributed by atoms with Crippen molar-refractivity contribution < 1.29 is 28.5 Å². The number of amides is 3. The second-order valence-electron chi connectivity index (χ2n) is 10.1. The Morgan fingerprint density at radius 1 is 1.12 bits per heavy atom. The first-order valence-corrected chi connectivity index (χ1v) is 13.5. The van der Waals surface area contributed by atoms with Gasteiger partial charge in [0.25, 0.3) is 0 Å². The van der Waals surface area contributed by atoms with E-state index in [2.05, 4.69) is 11.6 Å². The van der Waals surface area contributed by atoms with Crippen LogP contribution in [-0.4, -0.2) is 74.0 Å². The van der Waals surface area contributed by atoms with E-state index in [0.717, 1.165) is 33.3 Å². The Labute approximate surface area is 233 Å². The van der Waals surface area contributed by atoms with Gasteiger partial charge in [-0.3, -0.25) is 0 Å². The molecule has 0 radical (unpaired) electrons. The Bertz CT molecular complexity index is 1410. The lowest BCUT2D eigenvalue weighted by molar-refractivity contribution is 0.0213.